The van der Waals surface area contributed by atoms with Gasteiger partial charge in [-0.15, -0.1) is 0 Å². The quantitative estimate of drug-likeness (QED) is 0.127. The molecule has 14 aromatic rings. The van der Waals surface area contributed by atoms with Crippen LogP contribution >= 0.6 is 0 Å². The molecule has 0 saturated heterocycles. The smallest absolute Gasteiger partial charge is 0.252 e. The number of hydrogen-bond acceptors (Lipinski definition) is 5. The van der Waals surface area contributed by atoms with E-state index in [4.69, 9.17) is 8.83 Å². The molecule has 2 aliphatic heterocycles. The van der Waals surface area contributed by atoms with E-state index in [2.05, 4.69) is 269 Å². The molecule has 0 unspecified atom stereocenters. The topological polar surface area (TPSA) is 36.0 Å². The highest BCUT2D eigenvalue weighted by Gasteiger charge is 2.45. The van der Waals surface area contributed by atoms with E-state index in [0.29, 0.717) is 0 Å². The molecule has 16 rings (SSSR count). The molecule has 372 valence electrons. The van der Waals surface area contributed by atoms with Gasteiger partial charge in [-0.3, -0.25) is 0 Å². The first-order valence-electron chi connectivity index (χ1n) is 27.3. The fraction of sp³-hybridized carbons (Fsp3) is 0.111. The molecule has 2 aromatic heterocycles. The Morgan fingerprint density at radius 2 is 0.910 bits per heavy atom. The van der Waals surface area contributed by atoms with E-state index >= 15 is 0 Å². The lowest BCUT2D eigenvalue weighted by Gasteiger charge is -2.44. The highest BCUT2D eigenvalue weighted by Crippen LogP contribution is 2.51. The van der Waals surface area contributed by atoms with Crippen LogP contribution in [0.25, 0.3) is 76.2 Å². The average Bonchev–Trinajstić information content (AvgIpc) is 3.29. The van der Waals surface area contributed by atoms with Gasteiger partial charge in [-0.25, -0.2) is 0 Å². The standard InChI is InChI=1S/C72H54BN3O2/c1-71(2,3)46-25-29-48(30-26-46)75-59-17-12-18-60-69(59)73(57-37-40-65-68(54-16-8-10-20-63(54)78-65)70(57)76(60)49-31-27-47(28-32-49)72(4,5)6)56-36-33-51(42-61(56)75)74(50-34-39-64-55(41-50)52-15-7-9-19-62(52)77-64)58-38-24-45-22-21-43-13-11-14-44-23-35-53(58)67(45)66(43)44/h7-42H,1-6H3. The van der Waals surface area contributed by atoms with Gasteiger partial charge in [0.2, 0.25) is 0 Å². The molecular formula is C72H54BN3O2. The Hall–Kier alpha value is -9.26. The molecule has 0 N–H and O–H groups in total. The van der Waals surface area contributed by atoms with Crippen LogP contribution in [0.4, 0.5) is 51.2 Å². The van der Waals surface area contributed by atoms with Gasteiger partial charge in [0.05, 0.1) is 16.8 Å². The van der Waals surface area contributed by atoms with Crippen LogP contribution in [0.2, 0.25) is 0 Å². The van der Waals surface area contributed by atoms with Crippen LogP contribution in [-0.2, 0) is 10.8 Å². The number of fused-ring (bicyclic) bond motifs is 11. The van der Waals surface area contributed by atoms with Crippen molar-refractivity contribution in [2.45, 2.75) is 52.4 Å². The van der Waals surface area contributed by atoms with Gasteiger partial charge in [-0.05, 0) is 156 Å². The van der Waals surface area contributed by atoms with E-state index in [1.165, 1.54) is 59.8 Å². The van der Waals surface area contributed by atoms with Crippen molar-refractivity contribution < 1.29 is 8.83 Å². The number of para-hydroxylation sites is 2. The largest absolute Gasteiger partial charge is 0.456 e. The summed E-state index contributed by atoms with van der Waals surface area (Å²) >= 11 is 0. The summed E-state index contributed by atoms with van der Waals surface area (Å²) < 4.78 is 13.2. The number of furan rings is 2. The van der Waals surface area contributed by atoms with Gasteiger partial charge in [0.15, 0.2) is 0 Å². The second-order valence-corrected chi connectivity index (χ2v) is 23.7. The molecule has 0 saturated carbocycles. The Morgan fingerprint density at radius 3 is 1.63 bits per heavy atom. The summed E-state index contributed by atoms with van der Waals surface area (Å²) in [7, 11) is 0. The van der Waals surface area contributed by atoms with E-state index in [9.17, 15) is 0 Å². The van der Waals surface area contributed by atoms with Crippen molar-refractivity contribution in [2.75, 3.05) is 14.7 Å². The van der Waals surface area contributed by atoms with Crippen LogP contribution in [0, 0.1) is 0 Å². The minimum absolute atomic E-state index is 0.00487. The zero-order valence-corrected chi connectivity index (χ0v) is 44.5. The molecule has 78 heavy (non-hydrogen) atoms. The molecular weight excluding hydrogens is 950 g/mol. The van der Waals surface area contributed by atoms with E-state index < -0.39 is 0 Å². The summed E-state index contributed by atoms with van der Waals surface area (Å²) in [6, 6.07) is 81.3. The van der Waals surface area contributed by atoms with Crippen LogP contribution in [0.3, 0.4) is 0 Å². The molecule has 0 amide bonds. The van der Waals surface area contributed by atoms with Crippen molar-refractivity contribution in [3.63, 3.8) is 0 Å². The van der Waals surface area contributed by atoms with Gasteiger partial charge in [0.25, 0.3) is 6.71 Å². The number of rotatable bonds is 5. The molecule has 5 nitrogen and oxygen atoms in total. The highest BCUT2D eigenvalue weighted by molar-refractivity contribution is 7.00. The summed E-state index contributed by atoms with van der Waals surface area (Å²) in [5, 5.41) is 11.9. The lowest BCUT2D eigenvalue weighted by molar-refractivity contribution is 0.590. The molecule has 0 spiro atoms. The maximum Gasteiger partial charge on any atom is 0.252 e. The monoisotopic (exact) mass is 1000 g/mol. The van der Waals surface area contributed by atoms with Gasteiger partial charge in [0, 0.05) is 61.4 Å². The zero-order chi connectivity index (χ0) is 52.3. The summed E-state index contributed by atoms with van der Waals surface area (Å²) in [6.07, 6.45) is 0. The molecule has 0 aliphatic carbocycles. The second kappa shape index (κ2) is 16.1. The Bertz CT molecular complexity index is 4770. The Morgan fingerprint density at radius 1 is 0.372 bits per heavy atom. The zero-order valence-electron chi connectivity index (χ0n) is 44.5. The van der Waals surface area contributed by atoms with Crippen molar-refractivity contribution in [2.24, 2.45) is 0 Å². The van der Waals surface area contributed by atoms with Crippen molar-refractivity contribution in [3.8, 4) is 0 Å². The van der Waals surface area contributed by atoms with Gasteiger partial charge < -0.3 is 23.5 Å². The van der Waals surface area contributed by atoms with Crippen LogP contribution < -0.4 is 31.1 Å². The Labute approximate surface area is 453 Å². The van der Waals surface area contributed by atoms with Crippen LogP contribution in [0.5, 0.6) is 0 Å². The molecule has 6 heteroatoms. The minimum Gasteiger partial charge on any atom is -0.456 e. The average molecular weight is 1000 g/mol. The third kappa shape index (κ3) is 6.50. The van der Waals surface area contributed by atoms with Crippen molar-refractivity contribution in [1.29, 1.82) is 0 Å². The van der Waals surface area contributed by atoms with Crippen molar-refractivity contribution in [1.82, 2.24) is 0 Å². The summed E-state index contributed by atoms with van der Waals surface area (Å²) in [4.78, 5) is 7.54. The SMILES string of the molecule is CC(C)(C)c1ccc(N2c3cc(N(c4ccc5oc6ccccc6c5c4)c4ccc5ccc6cccc7ccc4c5c67)ccc3B3c4ccc5oc6ccccc6c5c4N(c4ccc(C(C)(C)C)cc4)c4cccc2c43)cc1. The third-order valence-corrected chi connectivity index (χ3v) is 17.1. The maximum atomic E-state index is 6.73. The first kappa shape index (κ1) is 45.0. The summed E-state index contributed by atoms with van der Waals surface area (Å²) in [5.74, 6) is 0. The molecule has 0 radical (unpaired) electrons. The van der Waals surface area contributed by atoms with Gasteiger partial charge in [0.1, 0.15) is 22.3 Å². The van der Waals surface area contributed by atoms with Gasteiger partial charge in [-0.2, -0.15) is 0 Å². The molecule has 4 heterocycles. The Kier molecular flexibility index (Phi) is 9.31. The minimum atomic E-state index is -0.111. The van der Waals surface area contributed by atoms with Crippen LogP contribution in [0.1, 0.15) is 52.7 Å². The van der Waals surface area contributed by atoms with Gasteiger partial charge >= 0.3 is 0 Å². The fourth-order valence-corrected chi connectivity index (χ4v) is 13.3. The van der Waals surface area contributed by atoms with E-state index in [1.807, 2.05) is 6.07 Å². The van der Waals surface area contributed by atoms with Crippen LogP contribution in [0.15, 0.2) is 227 Å². The molecule has 0 fully saturated rings. The second-order valence-electron chi connectivity index (χ2n) is 23.7. The van der Waals surface area contributed by atoms with E-state index in [1.54, 1.807) is 0 Å². The lowest BCUT2D eigenvalue weighted by atomic mass is 9.33. The third-order valence-electron chi connectivity index (χ3n) is 17.1. The number of hydrogen-bond donors (Lipinski definition) is 0. The van der Waals surface area contributed by atoms with Crippen molar-refractivity contribution in [3.05, 3.63) is 230 Å². The van der Waals surface area contributed by atoms with E-state index in [0.717, 1.165) is 95.1 Å². The normalized spacial score (nSPS) is 13.4. The predicted molar refractivity (Wildman–Crippen MR) is 331 cm³/mol. The van der Waals surface area contributed by atoms with Gasteiger partial charge in [-0.1, -0.05) is 169 Å². The first-order valence-corrected chi connectivity index (χ1v) is 27.3. The number of nitrogens with zero attached hydrogens (tertiary/aromatic N) is 3. The highest BCUT2D eigenvalue weighted by atomic mass is 16.3. The summed E-state index contributed by atoms with van der Waals surface area (Å²) in [5.41, 5.74) is 19.9. The predicted octanol–water partition coefficient (Wildman–Crippen LogP) is 18.5. The van der Waals surface area contributed by atoms with E-state index in [-0.39, 0.29) is 17.5 Å². The maximum absolute atomic E-state index is 6.73. The van der Waals surface area contributed by atoms with Crippen LogP contribution in [-0.4, -0.2) is 6.71 Å². The molecule has 2 aliphatic rings. The molecule has 12 aromatic carbocycles. The fourth-order valence-electron chi connectivity index (χ4n) is 13.3. The number of benzene rings is 12. The molecule has 0 atom stereocenters. The number of anilines is 9. The lowest BCUT2D eigenvalue weighted by Crippen LogP contribution is -2.61. The molecule has 0 bridgehead atoms. The first-order chi connectivity index (χ1) is 37.9. The summed E-state index contributed by atoms with van der Waals surface area (Å²) in [6.45, 7) is 13.6. The Balaban J connectivity index is 0.985. The van der Waals surface area contributed by atoms with Crippen molar-refractivity contribution >= 4 is 150 Å².